The lowest BCUT2D eigenvalue weighted by Gasteiger charge is -2.22. The zero-order valence-corrected chi connectivity index (χ0v) is 13.5. The maximum atomic E-state index is 12.8. The first kappa shape index (κ1) is 16.6. The van der Waals surface area contributed by atoms with Gasteiger partial charge in [0.15, 0.2) is 5.03 Å². The first-order chi connectivity index (χ1) is 10.9. The number of benzene rings is 1. The second-order valence-corrected chi connectivity index (χ2v) is 6.57. The van der Waals surface area contributed by atoms with Crippen LogP contribution in [-0.4, -0.2) is 37.5 Å². The van der Waals surface area contributed by atoms with E-state index in [-0.39, 0.29) is 11.6 Å². The number of hydrogen-bond acceptors (Lipinski definition) is 4. The second-order valence-electron chi connectivity index (χ2n) is 4.76. The molecule has 0 fully saturated rings. The van der Waals surface area contributed by atoms with E-state index in [1.54, 1.807) is 25.2 Å². The quantitative estimate of drug-likeness (QED) is 0.801. The van der Waals surface area contributed by atoms with Crippen LogP contribution in [-0.2, 0) is 21.9 Å². The van der Waals surface area contributed by atoms with Gasteiger partial charge in [0.05, 0.1) is 12.0 Å². The molecule has 0 radical (unpaired) electrons. The average molecular weight is 332 g/mol. The number of carbonyl (C=O) groups excluding carboxylic acids is 1. The summed E-state index contributed by atoms with van der Waals surface area (Å²) in [5, 5.41) is 2.27. The van der Waals surface area contributed by atoms with Crippen molar-refractivity contribution in [3.8, 4) is 12.3 Å². The molecule has 0 bridgehead atoms. The van der Waals surface area contributed by atoms with Gasteiger partial charge in [-0.1, -0.05) is 12.0 Å². The van der Waals surface area contributed by atoms with Crippen LogP contribution in [0.1, 0.15) is 5.56 Å². The van der Waals surface area contributed by atoms with Crippen molar-refractivity contribution in [3.05, 3.63) is 42.4 Å². The number of rotatable bonds is 5. The topological polar surface area (TPSA) is 84.3 Å². The molecular weight excluding hydrogens is 316 g/mol. The van der Waals surface area contributed by atoms with Gasteiger partial charge in [0.2, 0.25) is 5.91 Å². The van der Waals surface area contributed by atoms with Crippen molar-refractivity contribution in [3.63, 3.8) is 0 Å². The Labute approximate surface area is 135 Å². The Balaban J connectivity index is 2.53. The number of nitrogens with one attached hydrogen (secondary N) is 1. The third kappa shape index (κ3) is 3.52. The number of likely N-dealkylation sites (N-methyl/N-ethyl adjacent to an activating group) is 1. The number of nitrogens with zero attached hydrogens (tertiary/aromatic N) is 3. The van der Waals surface area contributed by atoms with Crippen LogP contribution in [0.5, 0.6) is 0 Å². The number of sulfonamides is 1. The predicted molar refractivity (Wildman–Crippen MR) is 86.2 cm³/mol. The lowest BCUT2D eigenvalue weighted by molar-refractivity contribution is -0.119. The van der Waals surface area contributed by atoms with Gasteiger partial charge < -0.3 is 9.88 Å². The molecule has 0 atom stereocenters. The molecule has 8 heteroatoms. The summed E-state index contributed by atoms with van der Waals surface area (Å²) in [5.41, 5.74) is 0.815. The van der Waals surface area contributed by atoms with Crippen LogP contribution in [0, 0.1) is 12.3 Å². The number of anilines is 1. The molecule has 1 aromatic heterocycles. The van der Waals surface area contributed by atoms with Gasteiger partial charge in [-0.15, -0.1) is 6.42 Å². The molecule has 1 aromatic carbocycles. The monoisotopic (exact) mass is 332 g/mol. The van der Waals surface area contributed by atoms with E-state index in [0.717, 1.165) is 4.31 Å². The molecular formula is C15H16N4O3S. The van der Waals surface area contributed by atoms with Crippen LogP contribution in [0.25, 0.3) is 0 Å². The predicted octanol–water partition coefficient (Wildman–Crippen LogP) is 0.343. The lowest BCUT2D eigenvalue weighted by atomic mass is 10.2. The fraction of sp³-hybridized carbons (Fsp3) is 0.200. The SMILES string of the molecule is C#Cc1cccc(N(CC(=O)NC)S(=O)(=O)c2cn(C)cn2)c1. The Morgan fingerprint density at radius 3 is 2.78 bits per heavy atom. The van der Waals surface area contributed by atoms with Crippen LogP contribution in [0.15, 0.2) is 41.8 Å². The molecule has 0 spiro atoms. The molecule has 23 heavy (non-hydrogen) atoms. The van der Waals surface area contributed by atoms with Crippen molar-refractivity contribution in [2.45, 2.75) is 5.03 Å². The van der Waals surface area contributed by atoms with Gasteiger partial charge in [-0.25, -0.2) is 4.98 Å². The molecule has 0 unspecified atom stereocenters. The highest BCUT2D eigenvalue weighted by molar-refractivity contribution is 7.92. The summed E-state index contributed by atoms with van der Waals surface area (Å²) >= 11 is 0. The number of aromatic nitrogens is 2. The number of hydrogen-bond donors (Lipinski definition) is 1. The van der Waals surface area contributed by atoms with E-state index in [9.17, 15) is 13.2 Å². The minimum Gasteiger partial charge on any atom is -0.358 e. The van der Waals surface area contributed by atoms with E-state index in [2.05, 4.69) is 16.2 Å². The molecule has 1 amide bonds. The normalized spacial score (nSPS) is 10.8. The number of aryl methyl sites for hydroxylation is 1. The molecule has 7 nitrogen and oxygen atoms in total. The minimum atomic E-state index is -3.99. The van der Waals surface area contributed by atoms with Gasteiger partial charge in [-0.05, 0) is 18.2 Å². The zero-order valence-electron chi connectivity index (χ0n) is 12.7. The number of carbonyl (C=O) groups is 1. The Morgan fingerprint density at radius 2 is 2.22 bits per heavy atom. The smallest absolute Gasteiger partial charge is 0.283 e. The summed E-state index contributed by atoms with van der Waals surface area (Å²) in [6.45, 7) is -0.372. The average Bonchev–Trinajstić information content (AvgIpc) is 2.99. The molecule has 1 heterocycles. The molecule has 0 aliphatic heterocycles. The van der Waals surface area contributed by atoms with Crippen LogP contribution < -0.4 is 9.62 Å². The summed E-state index contributed by atoms with van der Waals surface area (Å²) in [6, 6.07) is 6.41. The van der Waals surface area contributed by atoms with E-state index in [1.807, 2.05) is 0 Å². The van der Waals surface area contributed by atoms with E-state index in [4.69, 9.17) is 6.42 Å². The number of amides is 1. The molecule has 120 valence electrons. The fourth-order valence-electron chi connectivity index (χ4n) is 1.91. The first-order valence-electron chi connectivity index (χ1n) is 6.66. The molecule has 2 rings (SSSR count). The summed E-state index contributed by atoms with van der Waals surface area (Å²) in [4.78, 5) is 15.6. The molecule has 0 aliphatic rings. The molecule has 2 aromatic rings. The van der Waals surface area contributed by atoms with Crippen LogP contribution >= 0.6 is 0 Å². The second kappa shape index (κ2) is 6.54. The highest BCUT2D eigenvalue weighted by Gasteiger charge is 2.29. The summed E-state index contributed by atoms with van der Waals surface area (Å²) in [6.07, 6.45) is 8.11. The van der Waals surface area contributed by atoms with Gasteiger partial charge in [-0.3, -0.25) is 9.10 Å². The van der Waals surface area contributed by atoms with E-state index >= 15 is 0 Å². The maximum Gasteiger partial charge on any atom is 0.283 e. The van der Waals surface area contributed by atoms with Gasteiger partial charge in [0.25, 0.3) is 10.0 Å². The van der Waals surface area contributed by atoms with Crippen molar-refractivity contribution in [1.82, 2.24) is 14.9 Å². The van der Waals surface area contributed by atoms with Gasteiger partial charge in [0, 0.05) is 25.9 Å². The number of imidazole rings is 1. The van der Waals surface area contributed by atoms with Crippen molar-refractivity contribution < 1.29 is 13.2 Å². The first-order valence-corrected chi connectivity index (χ1v) is 8.10. The third-order valence-corrected chi connectivity index (χ3v) is 4.76. The Hall–Kier alpha value is -2.79. The van der Waals surface area contributed by atoms with Gasteiger partial charge in [-0.2, -0.15) is 8.42 Å². The van der Waals surface area contributed by atoms with Crippen LogP contribution in [0.2, 0.25) is 0 Å². The van der Waals surface area contributed by atoms with Gasteiger partial charge in [0.1, 0.15) is 6.54 Å². The standard InChI is InChI=1S/C15H16N4O3S/c1-4-12-6-5-7-13(8-12)19(9-14(20)16-2)23(21,22)15-10-18(3)11-17-15/h1,5-8,10-11H,9H2,2-3H3,(H,16,20). The van der Waals surface area contributed by atoms with Crippen molar-refractivity contribution in [2.75, 3.05) is 17.9 Å². The third-order valence-electron chi connectivity index (χ3n) is 3.10. The minimum absolute atomic E-state index is 0.144. The molecule has 1 N–H and O–H groups in total. The van der Waals surface area contributed by atoms with E-state index < -0.39 is 15.9 Å². The summed E-state index contributed by atoms with van der Waals surface area (Å²) < 4.78 is 28.1. The highest BCUT2D eigenvalue weighted by atomic mass is 32.2. The van der Waals surface area contributed by atoms with Crippen LogP contribution in [0.4, 0.5) is 5.69 Å². The lowest BCUT2D eigenvalue weighted by Crippen LogP contribution is -2.40. The van der Waals surface area contributed by atoms with Crippen molar-refractivity contribution in [2.24, 2.45) is 7.05 Å². The summed E-state index contributed by atoms with van der Waals surface area (Å²) in [7, 11) is -0.894. The Bertz CT molecular complexity index is 865. The maximum absolute atomic E-state index is 12.8. The van der Waals surface area contributed by atoms with Crippen molar-refractivity contribution >= 4 is 21.6 Å². The Kier molecular flexibility index (Phi) is 4.71. The molecule has 0 aliphatic carbocycles. The van der Waals surface area contributed by atoms with Crippen LogP contribution in [0.3, 0.4) is 0 Å². The molecule has 0 saturated carbocycles. The van der Waals surface area contributed by atoms with E-state index in [0.29, 0.717) is 11.3 Å². The zero-order chi connectivity index (χ0) is 17.0. The Morgan fingerprint density at radius 1 is 1.48 bits per heavy atom. The van der Waals surface area contributed by atoms with Gasteiger partial charge >= 0.3 is 0 Å². The van der Waals surface area contributed by atoms with Crippen molar-refractivity contribution in [1.29, 1.82) is 0 Å². The molecule has 0 saturated heterocycles. The number of terminal acetylenes is 1. The highest BCUT2D eigenvalue weighted by Crippen LogP contribution is 2.23. The van der Waals surface area contributed by atoms with E-state index in [1.165, 1.54) is 30.2 Å². The summed E-state index contributed by atoms with van der Waals surface area (Å²) in [5.74, 6) is 1.99. The fourth-order valence-corrected chi connectivity index (χ4v) is 3.29. The largest absolute Gasteiger partial charge is 0.358 e.